The third-order valence-electron chi connectivity index (χ3n) is 3.75. The highest BCUT2D eigenvalue weighted by molar-refractivity contribution is 7.86. The Kier molecular flexibility index (Phi) is 15.4. The van der Waals surface area contributed by atoms with Gasteiger partial charge in [0.15, 0.2) is 0 Å². The van der Waals surface area contributed by atoms with Gasteiger partial charge in [0.1, 0.15) is 0 Å². The molecular weight excluding hydrogens is 330 g/mol. The van der Waals surface area contributed by atoms with Crippen molar-refractivity contribution in [3.05, 3.63) is 0 Å². The van der Waals surface area contributed by atoms with Gasteiger partial charge in [0.05, 0.1) is 19.0 Å². The van der Waals surface area contributed by atoms with E-state index in [1.54, 1.807) is 0 Å². The molecule has 1 amide bonds. The van der Waals surface area contributed by atoms with Gasteiger partial charge in [-0.25, -0.2) is 0 Å². The van der Waals surface area contributed by atoms with Gasteiger partial charge in [-0.05, 0) is 12.8 Å². The first kappa shape index (κ1) is 23.3. The van der Waals surface area contributed by atoms with E-state index < -0.39 is 22.5 Å². The second-order valence-corrected chi connectivity index (χ2v) is 7.85. The van der Waals surface area contributed by atoms with E-state index in [1.165, 1.54) is 44.9 Å². The predicted octanol–water partition coefficient (Wildman–Crippen LogP) is 2.75. The third kappa shape index (κ3) is 16.2. The molecule has 0 atom stereocenters. The number of amides is 1. The SMILES string of the molecule is CCCCCCCCCCCC(=O)NCCCOS(=O)(=O)CCO. The fourth-order valence-corrected chi connectivity index (χ4v) is 3.05. The summed E-state index contributed by atoms with van der Waals surface area (Å²) in [6.07, 6.45) is 12.0. The van der Waals surface area contributed by atoms with Crippen LogP contribution in [0.15, 0.2) is 0 Å². The summed E-state index contributed by atoms with van der Waals surface area (Å²) in [7, 11) is -3.63. The molecule has 0 rings (SSSR count). The fourth-order valence-electron chi connectivity index (χ4n) is 2.34. The molecule has 0 saturated heterocycles. The van der Waals surface area contributed by atoms with Crippen LogP contribution in [0, 0.1) is 0 Å². The number of unbranched alkanes of at least 4 members (excludes halogenated alkanes) is 8. The van der Waals surface area contributed by atoms with Crippen molar-refractivity contribution < 1.29 is 22.5 Å². The van der Waals surface area contributed by atoms with Crippen molar-refractivity contribution in [3.8, 4) is 0 Å². The topological polar surface area (TPSA) is 92.7 Å². The molecule has 0 aromatic rings. The van der Waals surface area contributed by atoms with Gasteiger partial charge in [-0.15, -0.1) is 0 Å². The second-order valence-electron chi connectivity index (χ2n) is 6.09. The molecular formula is C17H35NO5S. The summed E-state index contributed by atoms with van der Waals surface area (Å²) < 4.78 is 27.0. The van der Waals surface area contributed by atoms with Gasteiger partial charge in [0.2, 0.25) is 5.91 Å². The molecule has 0 aromatic heterocycles. The number of aliphatic hydroxyl groups is 1. The van der Waals surface area contributed by atoms with Gasteiger partial charge in [-0.3, -0.25) is 8.98 Å². The van der Waals surface area contributed by atoms with Crippen molar-refractivity contribution in [2.45, 2.75) is 77.6 Å². The van der Waals surface area contributed by atoms with Crippen LogP contribution in [-0.4, -0.2) is 44.9 Å². The highest BCUT2D eigenvalue weighted by Crippen LogP contribution is 2.10. The Morgan fingerprint density at radius 1 is 0.958 bits per heavy atom. The summed E-state index contributed by atoms with van der Waals surface area (Å²) >= 11 is 0. The van der Waals surface area contributed by atoms with Gasteiger partial charge in [-0.1, -0.05) is 58.3 Å². The van der Waals surface area contributed by atoms with Crippen LogP contribution in [0.3, 0.4) is 0 Å². The normalized spacial score (nSPS) is 11.6. The van der Waals surface area contributed by atoms with Gasteiger partial charge in [0.25, 0.3) is 10.1 Å². The van der Waals surface area contributed by atoms with Crippen LogP contribution in [-0.2, 0) is 19.1 Å². The van der Waals surface area contributed by atoms with E-state index in [9.17, 15) is 13.2 Å². The zero-order chi connectivity index (χ0) is 18.1. The van der Waals surface area contributed by atoms with Crippen molar-refractivity contribution in [2.24, 2.45) is 0 Å². The molecule has 0 aliphatic carbocycles. The third-order valence-corrected chi connectivity index (χ3v) is 4.96. The predicted molar refractivity (Wildman–Crippen MR) is 96.3 cm³/mol. The first-order valence-corrected chi connectivity index (χ1v) is 10.8. The summed E-state index contributed by atoms with van der Waals surface area (Å²) in [6.45, 7) is 2.21. The molecule has 24 heavy (non-hydrogen) atoms. The van der Waals surface area contributed by atoms with Crippen molar-refractivity contribution in [1.82, 2.24) is 5.32 Å². The molecule has 6 nitrogen and oxygen atoms in total. The van der Waals surface area contributed by atoms with E-state index in [4.69, 9.17) is 5.11 Å². The summed E-state index contributed by atoms with van der Waals surface area (Å²) in [5.74, 6) is -0.381. The van der Waals surface area contributed by atoms with Gasteiger partial charge >= 0.3 is 0 Å². The smallest absolute Gasteiger partial charge is 0.269 e. The van der Waals surface area contributed by atoms with Crippen LogP contribution in [0.2, 0.25) is 0 Å². The first-order chi connectivity index (χ1) is 11.5. The molecule has 144 valence electrons. The standard InChI is InChI=1S/C17H35NO5S/c1-2-3-4-5-6-7-8-9-10-12-17(20)18-13-11-15-23-24(21,22)16-14-19/h19H,2-16H2,1H3,(H,18,20). The van der Waals surface area contributed by atoms with Crippen LogP contribution in [0.1, 0.15) is 77.6 Å². The van der Waals surface area contributed by atoms with Crippen molar-refractivity contribution in [1.29, 1.82) is 0 Å². The number of hydrogen-bond donors (Lipinski definition) is 2. The van der Waals surface area contributed by atoms with Crippen LogP contribution in [0.4, 0.5) is 0 Å². The lowest BCUT2D eigenvalue weighted by atomic mass is 10.1. The van der Waals surface area contributed by atoms with Crippen LogP contribution < -0.4 is 5.32 Å². The maximum absolute atomic E-state index is 11.6. The quantitative estimate of drug-likeness (QED) is 0.305. The highest BCUT2D eigenvalue weighted by Gasteiger charge is 2.09. The Morgan fingerprint density at radius 3 is 2.12 bits per heavy atom. The van der Waals surface area contributed by atoms with Gasteiger partial charge < -0.3 is 10.4 Å². The van der Waals surface area contributed by atoms with Crippen LogP contribution >= 0.6 is 0 Å². The van der Waals surface area contributed by atoms with E-state index in [-0.39, 0.29) is 12.5 Å². The maximum atomic E-state index is 11.6. The highest BCUT2D eigenvalue weighted by atomic mass is 32.2. The number of carbonyl (C=O) groups is 1. The number of hydrogen-bond acceptors (Lipinski definition) is 5. The summed E-state index contributed by atoms with van der Waals surface area (Å²) in [4.78, 5) is 11.6. The average Bonchev–Trinajstić information content (AvgIpc) is 2.52. The van der Waals surface area contributed by atoms with Crippen LogP contribution in [0.25, 0.3) is 0 Å². The molecule has 2 N–H and O–H groups in total. The molecule has 0 heterocycles. The van der Waals surface area contributed by atoms with E-state index >= 15 is 0 Å². The number of aliphatic hydroxyl groups excluding tert-OH is 1. The van der Waals surface area contributed by atoms with Gasteiger partial charge in [0, 0.05) is 13.0 Å². The molecule has 0 bridgehead atoms. The number of carbonyl (C=O) groups excluding carboxylic acids is 1. The molecule has 0 aromatic carbocycles. The first-order valence-electron chi connectivity index (χ1n) is 9.26. The van der Waals surface area contributed by atoms with Gasteiger partial charge in [-0.2, -0.15) is 8.42 Å². The van der Waals surface area contributed by atoms with Crippen LogP contribution in [0.5, 0.6) is 0 Å². The molecule has 7 heteroatoms. The molecule has 0 radical (unpaired) electrons. The molecule has 0 spiro atoms. The lowest BCUT2D eigenvalue weighted by Gasteiger charge is -2.06. The van der Waals surface area contributed by atoms with Crippen molar-refractivity contribution in [3.63, 3.8) is 0 Å². The molecule has 0 fully saturated rings. The molecule has 0 aliphatic rings. The fraction of sp³-hybridized carbons (Fsp3) is 0.941. The van der Waals surface area contributed by atoms with E-state index in [2.05, 4.69) is 16.4 Å². The Bertz CT molecular complexity index is 398. The number of rotatable bonds is 17. The van der Waals surface area contributed by atoms with E-state index in [0.29, 0.717) is 19.4 Å². The minimum absolute atomic E-state index is 0.0103. The summed E-state index contributed by atoms with van der Waals surface area (Å²) in [5, 5.41) is 11.3. The zero-order valence-electron chi connectivity index (χ0n) is 15.1. The summed E-state index contributed by atoms with van der Waals surface area (Å²) in [5.41, 5.74) is 0. The number of nitrogens with one attached hydrogen (secondary N) is 1. The largest absolute Gasteiger partial charge is 0.395 e. The van der Waals surface area contributed by atoms with E-state index in [1.807, 2.05) is 0 Å². The minimum atomic E-state index is -3.63. The Balaban J connectivity index is 3.36. The molecule has 0 unspecified atom stereocenters. The monoisotopic (exact) mass is 365 g/mol. The lowest BCUT2D eigenvalue weighted by molar-refractivity contribution is -0.121. The average molecular weight is 366 g/mol. The van der Waals surface area contributed by atoms with Crippen molar-refractivity contribution in [2.75, 3.05) is 25.5 Å². The summed E-state index contributed by atoms with van der Waals surface area (Å²) in [6, 6.07) is 0. The van der Waals surface area contributed by atoms with E-state index in [0.717, 1.165) is 12.8 Å². The van der Waals surface area contributed by atoms with Crippen molar-refractivity contribution >= 4 is 16.0 Å². The Labute approximate surface area is 147 Å². The Hall–Kier alpha value is -0.660. The molecule has 0 saturated carbocycles. The molecule has 0 aliphatic heterocycles. The minimum Gasteiger partial charge on any atom is -0.395 e. The lowest BCUT2D eigenvalue weighted by Crippen LogP contribution is -2.25. The zero-order valence-corrected chi connectivity index (χ0v) is 15.9. The Morgan fingerprint density at radius 2 is 1.54 bits per heavy atom. The maximum Gasteiger partial charge on any atom is 0.269 e. The second kappa shape index (κ2) is 15.8.